The van der Waals surface area contributed by atoms with Crippen LogP contribution in [-0.4, -0.2) is 10.9 Å². The number of halogens is 1. The summed E-state index contributed by atoms with van der Waals surface area (Å²) >= 11 is 8.33. The number of hydrogen-bond donors (Lipinski definition) is 2. The Morgan fingerprint density at radius 3 is 2.85 bits per heavy atom. The molecule has 0 radical (unpaired) electrons. The molecule has 2 rings (SSSR count). The zero-order valence-corrected chi connectivity index (χ0v) is 13.0. The number of benzene rings is 1. The third kappa shape index (κ3) is 3.91. The fourth-order valence-corrected chi connectivity index (χ4v) is 2.28. The second-order valence-electron chi connectivity index (χ2n) is 4.18. The molecule has 0 saturated carbocycles. The lowest BCUT2D eigenvalue weighted by atomic mass is 10.1. The van der Waals surface area contributed by atoms with Crippen molar-refractivity contribution in [3.8, 4) is 0 Å². The van der Waals surface area contributed by atoms with Gasteiger partial charge in [-0.25, -0.2) is 0 Å². The highest BCUT2D eigenvalue weighted by Gasteiger charge is 2.10. The lowest BCUT2D eigenvalue weighted by molar-refractivity contribution is -0.116. The van der Waals surface area contributed by atoms with Crippen molar-refractivity contribution < 1.29 is 9.21 Å². The first kappa shape index (κ1) is 14.7. The number of aryl methyl sites for hydroxylation is 1. The van der Waals surface area contributed by atoms with E-state index in [9.17, 15) is 4.79 Å². The normalized spacial score (nSPS) is 10.2. The van der Waals surface area contributed by atoms with Crippen LogP contribution in [0, 0.1) is 0 Å². The lowest BCUT2D eigenvalue weighted by Gasteiger charge is -2.10. The van der Waals surface area contributed by atoms with E-state index >= 15 is 0 Å². The Morgan fingerprint density at radius 1 is 1.40 bits per heavy atom. The van der Waals surface area contributed by atoms with E-state index in [0.29, 0.717) is 24.1 Å². The third-order valence-corrected chi connectivity index (χ3v) is 3.41. The van der Waals surface area contributed by atoms with Gasteiger partial charge < -0.3 is 15.5 Å². The zero-order chi connectivity index (χ0) is 14.5. The van der Waals surface area contributed by atoms with Crippen molar-refractivity contribution in [1.82, 2.24) is 0 Å². The van der Waals surface area contributed by atoms with Crippen LogP contribution in [0.2, 0.25) is 0 Å². The molecule has 0 aliphatic heterocycles. The van der Waals surface area contributed by atoms with Crippen molar-refractivity contribution in [3.63, 3.8) is 0 Å². The molecule has 20 heavy (non-hydrogen) atoms. The number of hydrogen-bond acceptors (Lipinski definition) is 3. The Hall–Kier alpha value is -1.66. The third-order valence-electron chi connectivity index (χ3n) is 2.70. The van der Waals surface area contributed by atoms with Gasteiger partial charge in [0, 0.05) is 22.9 Å². The maximum absolute atomic E-state index is 11.9. The van der Waals surface area contributed by atoms with E-state index in [-0.39, 0.29) is 10.9 Å². The SMILES string of the molecule is NC(=S)c1ccc(Br)cc1NC(=O)CCc1ccco1. The van der Waals surface area contributed by atoms with Crippen LogP contribution in [0.1, 0.15) is 17.7 Å². The van der Waals surface area contributed by atoms with Gasteiger partial charge >= 0.3 is 0 Å². The van der Waals surface area contributed by atoms with E-state index < -0.39 is 0 Å². The summed E-state index contributed by atoms with van der Waals surface area (Å²) in [5.74, 6) is 0.668. The predicted octanol–water partition coefficient (Wildman–Crippen LogP) is 3.25. The van der Waals surface area contributed by atoms with Crippen LogP contribution in [0.15, 0.2) is 45.5 Å². The fraction of sp³-hybridized carbons (Fsp3) is 0.143. The van der Waals surface area contributed by atoms with Crippen LogP contribution in [0.3, 0.4) is 0 Å². The molecule has 3 N–H and O–H groups in total. The van der Waals surface area contributed by atoms with Crippen LogP contribution in [0.25, 0.3) is 0 Å². The number of furan rings is 1. The number of rotatable bonds is 5. The molecule has 0 atom stereocenters. The molecule has 1 amide bonds. The average Bonchev–Trinajstić information content (AvgIpc) is 2.89. The molecule has 1 aromatic carbocycles. The first-order chi connectivity index (χ1) is 9.56. The van der Waals surface area contributed by atoms with Crippen molar-refractivity contribution in [2.45, 2.75) is 12.8 Å². The molecular formula is C14H13BrN2O2S. The van der Waals surface area contributed by atoms with Gasteiger partial charge in [-0.15, -0.1) is 0 Å². The summed E-state index contributed by atoms with van der Waals surface area (Å²) in [7, 11) is 0. The van der Waals surface area contributed by atoms with Crippen LogP contribution < -0.4 is 11.1 Å². The highest BCUT2D eigenvalue weighted by Crippen LogP contribution is 2.22. The Morgan fingerprint density at radius 2 is 2.20 bits per heavy atom. The van der Waals surface area contributed by atoms with Gasteiger partial charge in [0.05, 0.1) is 12.0 Å². The highest BCUT2D eigenvalue weighted by atomic mass is 79.9. The maximum atomic E-state index is 11.9. The molecule has 1 heterocycles. The summed E-state index contributed by atoms with van der Waals surface area (Å²) in [6, 6.07) is 9.01. The van der Waals surface area contributed by atoms with Crippen LogP contribution in [0.4, 0.5) is 5.69 Å². The molecule has 0 unspecified atom stereocenters. The summed E-state index contributed by atoms with van der Waals surface area (Å²) in [6.45, 7) is 0. The molecule has 0 aliphatic carbocycles. The predicted molar refractivity (Wildman–Crippen MR) is 85.7 cm³/mol. The Bertz CT molecular complexity index is 626. The second-order valence-corrected chi connectivity index (χ2v) is 5.54. The number of carbonyl (C=O) groups excluding carboxylic acids is 1. The fourth-order valence-electron chi connectivity index (χ4n) is 1.74. The smallest absolute Gasteiger partial charge is 0.224 e. The topological polar surface area (TPSA) is 68.3 Å². The van der Waals surface area contributed by atoms with E-state index in [2.05, 4.69) is 21.2 Å². The van der Waals surface area contributed by atoms with E-state index in [1.54, 1.807) is 24.5 Å². The molecule has 6 heteroatoms. The molecule has 0 aliphatic rings. The standard InChI is InChI=1S/C14H13BrN2O2S/c15-9-3-5-11(14(16)20)12(8-9)17-13(18)6-4-10-2-1-7-19-10/h1-3,5,7-8H,4,6H2,(H2,16,20)(H,17,18). The second kappa shape index (κ2) is 6.67. The highest BCUT2D eigenvalue weighted by molar-refractivity contribution is 9.10. The van der Waals surface area contributed by atoms with Crippen LogP contribution in [0.5, 0.6) is 0 Å². The van der Waals surface area contributed by atoms with Crippen molar-refractivity contribution >= 4 is 44.7 Å². The summed E-state index contributed by atoms with van der Waals surface area (Å²) < 4.78 is 6.03. The van der Waals surface area contributed by atoms with Gasteiger partial charge in [-0.1, -0.05) is 28.1 Å². The van der Waals surface area contributed by atoms with Crippen molar-refractivity contribution in [2.24, 2.45) is 5.73 Å². The average molecular weight is 353 g/mol. The molecule has 0 bridgehead atoms. The van der Waals surface area contributed by atoms with E-state index in [1.165, 1.54) is 0 Å². The largest absolute Gasteiger partial charge is 0.469 e. The Balaban J connectivity index is 2.03. The minimum Gasteiger partial charge on any atom is -0.469 e. The van der Waals surface area contributed by atoms with Gasteiger partial charge in [0.2, 0.25) is 5.91 Å². The van der Waals surface area contributed by atoms with Gasteiger partial charge in [0.25, 0.3) is 0 Å². The monoisotopic (exact) mass is 352 g/mol. The molecule has 1 aromatic heterocycles. The van der Waals surface area contributed by atoms with Crippen molar-refractivity contribution in [2.75, 3.05) is 5.32 Å². The van der Waals surface area contributed by atoms with Crippen LogP contribution in [-0.2, 0) is 11.2 Å². The minimum absolute atomic E-state index is 0.114. The maximum Gasteiger partial charge on any atom is 0.224 e. The molecule has 104 valence electrons. The van der Waals surface area contributed by atoms with Gasteiger partial charge in [-0.2, -0.15) is 0 Å². The van der Waals surface area contributed by atoms with E-state index in [4.69, 9.17) is 22.4 Å². The molecule has 0 saturated heterocycles. The lowest BCUT2D eigenvalue weighted by Crippen LogP contribution is -2.17. The summed E-state index contributed by atoms with van der Waals surface area (Å²) in [4.78, 5) is 12.2. The molecule has 0 fully saturated rings. The summed E-state index contributed by atoms with van der Waals surface area (Å²) in [5, 5.41) is 2.82. The first-order valence-electron chi connectivity index (χ1n) is 5.98. The quantitative estimate of drug-likeness (QED) is 0.810. The van der Waals surface area contributed by atoms with Crippen LogP contribution >= 0.6 is 28.1 Å². The number of carbonyl (C=O) groups is 1. The number of thiocarbonyl (C=S) groups is 1. The Kier molecular flexibility index (Phi) is 4.92. The van der Waals surface area contributed by atoms with Gasteiger partial charge in [0.1, 0.15) is 10.7 Å². The number of nitrogens with one attached hydrogen (secondary N) is 1. The van der Waals surface area contributed by atoms with Gasteiger partial charge in [0.15, 0.2) is 0 Å². The van der Waals surface area contributed by atoms with Gasteiger partial charge in [-0.3, -0.25) is 4.79 Å². The van der Waals surface area contributed by atoms with E-state index in [1.807, 2.05) is 12.1 Å². The Labute approximate surface area is 130 Å². The van der Waals surface area contributed by atoms with E-state index in [0.717, 1.165) is 10.2 Å². The molecular weight excluding hydrogens is 340 g/mol. The number of amides is 1. The zero-order valence-electron chi connectivity index (χ0n) is 10.6. The molecule has 2 aromatic rings. The summed E-state index contributed by atoms with van der Waals surface area (Å²) in [5.41, 5.74) is 6.90. The summed E-state index contributed by atoms with van der Waals surface area (Å²) in [6.07, 6.45) is 2.47. The number of nitrogens with two attached hydrogens (primary N) is 1. The minimum atomic E-state index is -0.114. The van der Waals surface area contributed by atoms with Crippen molar-refractivity contribution in [3.05, 3.63) is 52.4 Å². The molecule has 0 spiro atoms. The van der Waals surface area contributed by atoms with Gasteiger partial charge in [-0.05, 0) is 30.3 Å². The molecule has 4 nitrogen and oxygen atoms in total. The first-order valence-corrected chi connectivity index (χ1v) is 7.18. The number of anilines is 1. The van der Waals surface area contributed by atoms with Crippen molar-refractivity contribution in [1.29, 1.82) is 0 Å².